The summed E-state index contributed by atoms with van der Waals surface area (Å²) in [6, 6.07) is 7.89. The number of rotatable bonds is 2. The fraction of sp³-hybridized carbons (Fsp3) is 0.562. The van der Waals surface area contributed by atoms with E-state index < -0.39 is 23.7 Å². The van der Waals surface area contributed by atoms with E-state index in [-0.39, 0.29) is 19.4 Å². The minimum atomic E-state index is -2.88. The Kier molecular flexibility index (Phi) is 4.21. The van der Waals surface area contributed by atoms with Crippen molar-refractivity contribution in [3.05, 3.63) is 35.9 Å². The van der Waals surface area contributed by atoms with Gasteiger partial charge in [0.2, 0.25) is 0 Å². The lowest BCUT2D eigenvalue weighted by atomic mass is 10.0. The van der Waals surface area contributed by atoms with Gasteiger partial charge in [0.1, 0.15) is 11.6 Å². The second-order valence-electron chi connectivity index (χ2n) is 6.39. The normalized spacial score (nSPS) is 21.4. The Labute approximate surface area is 123 Å². The van der Waals surface area contributed by atoms with Crippen LogP contribution < -0.4 is 0 Å². The Morgan fingerprint density at radius 3 is 2.52 bits per heavy atom. The second kappa shape index (κ2) is 5.62. The number of hydrogen-bond acceptors (Lipinski definition) is 2. The summed E-state index contributed by atoms with van der Waals surface area (Å²) in [6.45, 7) is 5.21. The highest BCUT2D eigenvalue weighted by atomic mass is 19.3. The summed E-state index contributed by atoms with van der Waals surface area (Å²) in [5.74, 6) is -2.88. The molecule has 1 atom stereocenters. The number of hydrogen-bond donors (Lipinski definition) is 0. The Bertz CT molecular complexity index is 497. The molecule has 21 heavy (non-hydrogen) atoms. The van der Waals surface area contributed by atoms with E-state index in [1.54, 1.807) is 45.0 Å². The van der Waals surface area contributed by atoms with Crippen molar-refractivity contribution >= 4 is 6.09 Å². The molecule has 0 N–H and O–H groups in total. The van der Waals surface area contributed by atoms with E-state index in [1.165, 1.54) is 0 Å². The van der Waals surface area contributed by atoms with Crippen molar-refractivity contribution < 1.29 is 18.3 Å². The molecule has 0 unspecified atom stereocenters. The molecule has 116 valence electrons. The topological polar surface area (TPSA) is 29.5 Å². The minimum Gasteiger partial charge on any atom is -0.444 e. The number of carbonyl (C=O) groups is 1. The molecule has 1 amide bonds. The van der Waals surface area contributed by atoms with Crippen molar-refractivity contribution in [2.45, 2.75) is 51.2 Å². The molecule has 0 bridgehead atoms. The molecule has 0 radical (unpaired) electrons. The van der Waals surface area contributed by atoms with Crippen LogP contribution in [0.25, 0.3) is 0 Å². The first-order chi connectivity index (χ1) is 9.69. The fourth-order valence-corrected chi connectivity index (χ4v) is 2.46. The van der Waals surface area contributed by atoms with Gasteiger partial charge in [-0.1, -0.05) is 30.3 Å². The van der Waals surface area contributed by atoms with Gasteiger partial charge in [-0.25, -0.2) is 13.6 Å². The first kappa shape index (κ1) is 15.7. The van der Waals surface area contributed by atoms with Crippen LogP contribution in [0.15, 0.2) is 30.3 Å². The molecule has 0 aromatic heterocycles. The maximum atomic E-state index is 14.1. The van der Waals surface area contributed by atoms with Crippen LogP contribution in [0.2, 0.25) is 0 Å². The van der Waals surface area contributed by atoms with Gasteiger partial charge in [0.15, 0.2) is 0 Å². The van der Waals surface area contributed by atoms with E-state index in [9.17, 15) is 13.6 Å². The molecule has 0 spiro atoms. The average molecular weight is 297 g/mol. The Balaban J connectivity index is 2.15. The average Bonchev–Trinajstić information content (AvgIpc) is 2.65. The summed E-state index contributed by atoms with van der Waals surface area (Å²) < 4.78 is 33.4. The van der Waals surface area contributed by atoms with Crippen LogP contribution in [-0.2, 0) is 11.2 Å². The number of halogens is 2. The molecule has 3 nitrogen and oxygen atoms in total. The largest absolute Gasteiger partial charge is 0.444 e. The van der Waals surface area contributed by atoms with Crippen LogP contribution in [0.1, 0.15) is 32.8 Å². The fourth-order valence-electron chi connectivity index (χ4n) is 2.46. The first-order valence-electron chi connectivity index (χ1n) is 7.10. The van der Waals surface area contributed by atoms with Gasteiger partial charge in [0, 0.05) is 13.0 Å². The van der Waals surface area contributed by atoms with Gasteiger partial charge < -0.3 is 4.74 Å². The van der Waals surface area contributed by atoms with Crippen molar-refractivity contribution in [1.82, 2.24) is 4.90 Å². The lowest BCUT2D eigenvalue weighted by Gasteiger charge is -2.30. The molecule has 1 heterocycles. The number of ether oxygens (including phenoxy) is 1. The van der Waals surface area contributed by atoms with Crippen molar-refractivity contribution in [3.8, 4) is 0 Å². The molecular formula is C16H21F2NO2. The predicted octanol–water partition coefficient (Wildman–Crippen LogP) is 3.87. The van der Waals surface area contributed by atoms with Crippen LogP contribution in [-0.4, -0.2) is 35.1 Å². The quantitative estimate of drug-likeness (QED) is 0.829. The molecule has 1 saturated heterocycles. The lowest BCUT2D eigenvalue weighted by molar-refractivity contribution is -0.0401. The van der Waals surface area contributed by atoms with E-state index >= 15 is 0 Å². The molecular weight excluding hydrogens is 276 g/mol. The van der Waals surface area contributed by atoms with E-state index in [0.29, 0.717) is 0 Å². The Morgan fingerprint density at radius 1 is 1.33 bits per heavy atom. The van der Waals surface area contributed by atoms with E-state index in [1.807, 2.05) is 6.07 Å². The highest BCUT2D eigenvalue weighted by Gasteiger charge is 2.51. The Morgan fingerprint density at radius 2 is 1.95 bits per heavy atom. The molecule has 1 aliphatic heterocycles. The number of benzene rings is 1. The number of carbonyl (C=O) groups excluding carboxylic acids is 1. The minimum absolute atomic E-state index is 0.0272. The molecule has 0 aliphatic carbocycles. The second-order valence-corrected chi connectivity index (χ2v) is 6.39. The molecule has 1 fully saturated rings. The highest BCUT2D eigenvalue weighted by molar-refractivity contribution is 5.69. The van der Waals surface area contributed by atoms with Crippen molar-refractivity contribution in [2.24, 2.45) is 0 Å². The highest BCUT2D eigenvalue weighted by Crippen LogP contribution is 2.36. The smallest absolute Gasteiger partial charge is 0.410 e. The summed E-state index contributed by atoms with van der Waals surface area (Å²) in [5, 5.41) is 0. The monoisotopic (exact) mass is 297 g/mol. The summed E-state index contributed by atoms with van der Waals surface area (Å²) in [5.41, 5.74) is 0.101. The molecule has 1 aliphatic rings. The molecule has 1 aromatic rings. The summed E-state index contributed by atoms with van der Waals surface area (Å²) in [7, 11) is 0. The number of likely N-dealkylation sites (tertiary alicyclic amines) is 1. The van der Waals surface area contributed by atoms with Gasteiger partial charge in [-0.15, -0.1) is 0 Å². The predicted molar refractivity (Wildman–Crippen MR) is 76.4 cm³/mol. The third kappa shape index (κ3) is 3.93. The van der Waals surface area contributed by atoms with E-state index in [4.69, 9.17) is 4.74 Å². The van der Waals surface area contributed by atoms with Gasteiger partial charge in [0.25, 0.3) is 5.92 Å². The van der Waals surface area contributed by atoms with Crippen molar-refractivity contribution in [3.63, 3.8) is 0 Å². The van der Waals surface area contributed by atoms with Crippen LogP contribution in [0.5, 0.6) is 0 Å². The van der Waals surface area contributed by atoms with Gasteiger partial charge in [-0.05, 0) is 32.8 Å². The number of nitrogens with zero attached hydrogens (tertiary/aromatic N) is 1. The van der Waals surface area contributed by atoms with Crippen LogP contribution >= 0.6 is 0 Å². The zero-order valence-electron chi connectivity index (χ0n) is 12.6. The first-order valence-corrected chi connectivity index (χ1v) is 7.10. The lowest BCUT2D eigenvalue weighted by Crippen LogP contribution is -2.45. The third-order valence-electron chi connectivity index (χ3n) is 3.45. The zero-order chi connectivity index (χ0) is 15.7. The molecule has 5 heteroatoms. The van der Waals surface area contributed by atoms with Gasteiger partial charge >= 0.3 is 6.09 Å². The standard InChI is InChI=1S/C16H21F2NO2/c1-15(2,3)21-14(20)19-10-9-16(17,18)13(19)11-12-7-5-4-6-8-12/h4-8,13H,9-11H2,1-3H3/t13-/m0/s1. The SMILES string of the molecule is CC(C)(C)OC(=O)N1CCC(F)(F)[C@@H]1Cc1ccccc1. The number of amides is 1. The third-order valence-corrected chi connectivity index (χ3v) is 3.45. The molecule has 1 aromatic carbocycles. The van der Waals surface area contributed by atoms with Crippen molar-refractivity contribution in [1.29, 1.82) is 0 Å². The van der Waals surface area contributed by atoms with Crippen LogP contribution in [0.4, 0.5) is 13.6 Å². The summed E-state index contributed by atoms with van der Waals surface area (Å²) in [6.07, 6.45) is -0.850. The number of alkyl halides is 2. The van der Waals surface area contributed by atoms with E-state index in [0.717, 1.165) is 10.5 Å². The summed E-state index contributed by atoms with van der Waals surface area (Å²) in [4.78, 5) is 13.3. The molecule has 2 rings (SSSR count). The van der Waals surface area contributed by atoms with Gasteiger partial charge in [-0.3, -0.25) is 4.90 Å². The zero-order valence-corrected chi connectivity index (χ0v) is 12.6. The van der Waals surface area contributed by atoms with Crippen LogP contribution in [0, 0.1) is 0 Å². The van der Waals surface area contributed by atoms with Gasteiger partial charge in [-0.2, -0.15) is 0 Å². The Hall–Kier alpha value is -1.65. The van der Waals surface area contributed by atoms with Gasteiger partial charge in [0.05, 0.1) is 0 Å². The van der Waals surface area contributed by atoms with Crippen LogP contribution in [0.3, 0.4) is 0 Å². The van der Waals surface area contributed by atoms with E-state index in [2.05, 4.69) is 0 Å². The molecule has 0 saturated carbocycles. The summed E-state index contributed by atoms with van der Waals surface area (Å²) >= 11 is 0. The maximum Gasteiger partial charge on any atom is 0.410 e. The van der Waals surface area contributed by atoms with Crippen molar-refractivity contribution in [2.75, 3.05) is 6.54 Å². The maximum absolute atomic E-state index is 14.1.